The molecule has 120 valence electrons. The molecule has 2 aromatic rings. The van der Waals surface area contributed by atoms with Crippen LogP contribution in [-0.2, 0) is 0 Å². The Morgan fingerprint density at radius 3 is 2.45 bits per heavy atom. The number of aliphatic hydroxyl groups excluding tert-OH is 1. The fourth-order valence-corrected chi connectivity index (χ4v) is 3.14. The molecule has 1 atom stereocenters. The van der Waals surface area contributed by atoms with E-state index in [-0.39, 0.29) is 25.1 Å². The lowest BCUT2D eigenvalue weighted by molar-refractivity contribution is 0.141. The van der Waals surface area contributed by atoms with Gasteiger partial charge in [0.2, 0.25) is 0 Å². The van der Waals surface area contributed by atoms with Crippen LogP contribution in [0.1, 0.15) is 18.0 Å². The van der Waals surface area contributed by atoms with E-state index in [2.05, 4.69) is 28.4 Å². The number of piperazine rings is 1. The number of hydrogen-bond donors (Lipinski definition) is 3. The highest BCUT2D eigenvalue weighted by atomic mass is 35.5. The first-order valence-corrected chi connectivity index (χ1v) is 7.56. The Bertz CT molecular complexity index is 615. The maximum absolute atomic E-state index is 9.55. The monoisotopic (exact) mass is 322 g/mol. The van der Waals surface area contributed by atoms with Gasteiger partial charge in [-0.3, -0.25) is 4.90 Å². The van der Waals surface area contributed by atoms with Crippen molar-refractivity contribution in [3.8, 4) is 5.75 Å². The maximum Gasteiger partial charge on any atom is 0.116 e. The highest BCUT2D eigenvalue weighted by Crippen LogP contribution is 2.28. The van der Waals surface area contributed by atoms with E-state index in [4.69, 9.17) is 0 Å². The molecule has 0 radical (unpaired) electrons. The highest BCUT2D eigenvalue weighted by molar-refractivity contribution is 5.85. The van der Waals surface area contributed by atoms with E-state index in [0.29, 0.717) is 5.75 Å². The third-order valence-electron chi connectivity index (χ3n) is 4.23. The lowest BCUT2D eigenvalue weighted by Gasteiger charge is -2.35. The van der Waals surface area contributed by atoms with Crippen LogP contribution in [0, 0.1) is 0 Å². The molecule has 1 aliphatic heterocycles. The number of nitrogens with one attached hydrogen (secondary N) is 1. The maximum atomic E-state index is 9.55. The lowest BCUT2D eigenvalue weighted by atomic mass is 9.98. The first-order chi connectivity index (χ1) is 10.3. The van der Waals surface area contributed by atoms with Gasteiger partial charge in [0.05, 0.1) is 0 Å². The Balaban J connectivity index is 0.00000176. The molecule has 4 nitrogen and oxygen atoms in total. The van der Waals surface area contributed by atoms with Crippen molar-refractivity contribution in [1.82, 2.24) is 10.2 Å². The van der Waals surface area contributed by atoms with Gasteiger partial charge >= 0.3 is 0 Å². The second-order valence-corrected chi connectivity index (χ2v) is 5.60. The van der Waals surface area contributed by atoms with Crippen LogP contribution in [-0.4, -0.2) is 47.9 Å². The third kappa shape index (κ3) is 3.70. The topological polar surface area (TPSA) is 55.7 Å². The number of halogens is 1. The molecule has 0 aliphatic carbocycles. The van der Waals surface area contributed by atoms with Crippen molar-refractivity contribution >= 4 is 23.2 Å². The fraction of sp³-hybridized carbons (Fsp3) is 0.412. The zero-order valence-corrected chi connectivity index (χ0v) is 13.4. The van der Waals surface area contributed by atoms with E-state index in [9.17, 15) is 10.2 Å². The van der Waals surface area contributed by atoms with Crippen molar-refractivity contribution in [3.05, 3.63) is 42.0 Å². The van der Waals surface area contributed by atoms with Gasteiger partial charge in [-0.1, -0.05) is 18.2 Å². The van der Waals surface area contributed by atoms with Crippen molar-refractivity contribution in [3.63, 3.8) is 0 Å². The Morgan fingerprint density at radius 2 is 1.73 bits per heavy atom. The molecule has 0 unspecified atom stereocenters. The molecule has 3 rings (SSSR count). The van der Waals surface area contributed by atoms with E-state index in [1.807, 2.05) is 6.07 Å². The van der Waals surface area contributed by atoms with Crippen LogP contribution in [0.15, 0.2) is 36.4 Å². The molecule has 3 N–H and O–H groups in total. The summed E-state index contributed by atoms with van der Waals surface area (Å²) in [4.78, 5) is 2.44. The molecule has 1 saturated heterocycles. The largest absolute Gasteiger partial charge is 0.508 e. The van der Waals surface area contributed by atoms with Crippen LogP contribution >= 0.6 is 12.4 Å². The van der Waals surface area contributed by atoms with Crippen molar-refractivity contribution < 1.29 is 10.2 Å². The molecular weight excluding hydrogens is 300 g/mol. The normalized spacial score (nSPS) is 17.1. The molecular formula is C17H23ClN2O2. The molecule has 1 fully saturated rings. The van der Waals surface area contributed by atoms with Gasteiger partial charge in [-0.15, -0.1) is 12.4 Å². The number of benzene rings is 2. The van der Waals surface area contributed by atoms with Gasteiger partial charge in [0.15, 0.2) is 0 Å². The summed E-state index contributed by atoms with van der Waals surface area (Å²) in [6, 6.07) is 12.1. The molecule has 2 aromatic carbocycles. The van der Waals surface area contributed by atoms with Crippen LogP contribution < -0.4 is 5.32 Å². The summed E-state index contributed by atoms with van der Waals surface area (Å²) in [5, 5.41) is 24.5. The highest BCUT2D eigenvalue weighted by Gasteiger charge is 2.21. The standard InChI is InChI=1S/C17H22N2O2.ClH/c20-10-5-17(19-8-6-18-7-9-19)15-2-1-14-12-16(21)4-3-13(14)11-15;/h1-4,11-12,17-18,20-21H,5-10H2;1H/t17-;/m1./s1. The Kier molecular flexibility index (Phi) is 6.03. The van der Waals surface area contributed by atoms with Crippen molar-refractivity contribution in [1.29, 1.82) is 0 Å². The second kappa shape index (κ2) is 7.79. The lowest BCUT2D eigenvalue weighted by Crippen LogP contribution is -2.45. The molecule has 0 spiro atoms. The molecule has 5 heteroatoms. The van der Waals surface area contributed by atoms with Crippen LogP contribution in [0.25, 0.3) is 10.8 Å². The van der Waals surface area contributed by atoms with Gasteiger partial charge in [-0.05, 0) is 41.0 Å². The number of fused-ring (bicyclic) bond motifs is 1. The van der Waals surface area contributed by atoms with Crippen molar-refractivity contribution in [2.45, 2.75) is 12.5 Å². The number of aliphatic hydroxyl groups is 1. The summed E-state index contributed by atoms with van der Waals surface area (Å²) in [6.45, 7) is 4.23. The number of hydrogen-bond acceptors (Lipinski definition) is 4. The van der Waals surface area contributed by atoms with Crippen LogP contribution in [0.2, 0.25) is 0 Å². The summed E-state index contributed by atoms with van der Waals surface area (Å²) in [7, 11) is 0. The van der Waals surface area contributed by atoms with E-state index in [0.717, 1.165) is 43.4 Å². The SMILES string of the molecule is Cl.OCC[C@H](c1ccc2cc(O)ccc2c1)N1CCNCC1. The quantitative estimate of drug-likeness (QED) is 0.808. The minimum Gasteiger partial charge on any atom is -0.508 e. The molecule has 0 amide bonds. The summed E-state index contributed by atoms with van der Waals surface area (Å²) < 4.78 is 0. The van der Waals surface area contributed by atoms with Gasteiger partial charge in [0, 0.05) is 38.8 Å². The fourth-order valence-electron chi connectivity index (χ4n) is 3.14. The van der Waals surface area contributed by atoms with Crippen molar-refractivity contribution in [2.75, 3.05) is 32.8 Å². The molecule has 0 aromatic heterocycles. The zero-order valence-electron chi connectivity index (χ0n) is 12.5. The predicted molar refractivity (Wildman–Crippen MR) is 91.7 cm³/mol. The summed E-state index contributed by atoms with van der Waals surface area (Å²) in [5.74, 6) is 0.296. The summed E-state index contributed by atoms with van der Waals surface area (Å²) in [5.41, 5.74) is 1.24. The number of nitrogens with zero attached hydrogens (tertiary/aromatic N) is 1. The van der Waals surface area contributed by atoms with E-state index < -0.39 is 0 Å². The van der Waals surface area contributed by atoms with E-state index in [1.54, 1.807) is 12.1 Å². The van der Waals surface area contributed by atoms with Gasteiger partial charge in [0.1, 0.15) is 5.75 Å². The van der Waals surface area contributed by atoms with E-state index >= 15 is 0 Å². The van der Waals surface area contributed by atoms with Gasteiger partial charge < -0.3 is 15.5 Å². The average Bonchev–Trinajstić information content (AvgIpc) is 2.53. The Hall–Kier alpha value is -1.33. The number of phenolic OH excluding ortho intramolecular Hbond substituents is 1. The van der Waals surface area contributed by atoms with Crippen LogP contribution in [0.4, 0.5) is 0 Å². The molecule has 1 heterocycles. The van der Waals surface area contributed by atoms with Crippen LogP contribution in [0.3, 0.4) is 0 Å². The van der Waals surface area contributed by atoms with Gasteiger partial charge in [-0.2, -0.15) is 0 Å². The summed E-state index contributed by atoms with van der Waals surface area (Å²) in [6.07, 6.45) is 0.754. The average molecular weight is 323 g/mol. The first-order valence-electron chi connectivity index (χ1n) is 7.56. The smallest absolute Gasteiger partial charge is 0.116 e. The second-order valence-electron chi connectivity index (χ2n) is 5.60. The van der Waals surface area contributed by atoms with Gasteiger partial charge in [0.25, 0.3) is 0 Å². The Morgan fingerprint density at radius 1 is 1.05 bits per heavy atom. The minimum atomic E-state index is 0. The predicted octanol–water partition coefficient (Wildman–Crippen LogP) is 2.30. The molecule has 22 heavy (non-hydrogen) atoms. The molecule has 0 bridgehead atoms. The first kappa shape index (κ1) is 17.0. The summed E-state index contributed by atoms with van der Waals surface area (Å²) >= 11 is 0. The number of phenols is 1. The molecule has 1 aliphatic rings. The number of aromatic hydroxyl groups is 1. The van der Waals surface area contributed by atoms with E-state index in [1.165, 1.54) is 5.56 Å². The Labute approximate surface area is 137 Å². The minimum absolute atomic E-state index is 0. The third-order valence-corrected chi connectivity index (χ3v) is 4.23. The number of rotatable bonds is 4. The molecule has 0 saturated carbocycles. The van der Waals surface area contributed by atoms with Crippen molar-refractivity contribution in [2.24, 2.45) is 0 Å². The zero-order chi connectivity index (χ0) is 14.7. The van der Waals surface area contributed by atoms with Gasteiger partial charge in [-0.25, -0.2) is 0 Å². The van der Waals surface area contributed by atoms with Crippen LogP contribution in [0.5, 0.6) is 5.75 Å².